The largest absolute Gasteiger partial charge is 0.431 e. The summed E-state index contributed by atoms with van der Waals surface area (Å²) in [6.45, 7) is 4.72. The molecule has 1 saturated carbocycles. The molecule has 180 valence electrons. The van der Waals surface area contributed by atoms with Gasteiger partial charge in [0.05, 0.1) is 11.7 Å². The summed E-state index contributed by atoms with van der Waals surface area (Å²) >= 11 is 5.13. The van der Waals surface area contributed by atoms with Crippen molar-refractivity contribution in [3.63, 3.8) is 0 Å². The molecule has 13 heteroatoms. The maximum Gasteiger partial charge on any atom is 0.431 e. The lowest BCUT2D eigenvalue weighted by molar-refractivity contribution is -0.243. The fraction of sp³-hybridized carbons (Fsp3) is 0.526. The molecule has 0 saturated heterocycles. The molecule has 2 rings (SSSR count). The lowest BCUT2D eigenvalue weighted by atomic mass is 10.1. The molecule has 0 radical (unpaired) electrons. The highest BCUT2D eigenvalue weighted by molar-refractivity contribution is 7.91. The molecule has 32 heavy (non-hydrogen) atoms. The number of rotatable bonds is 6. The average Bonchev–Trinajstić information content (AvgIpc) is 3.16. The van der Waals surface area contributed by atoms with Crippen LogP contribution in [0.4, 0.5) is 30.7 Å². The van der Waals surface area contributed by atoms with Crippen molar-refractivity contribution in [1.82, 2.24) is 0 Å². The van der Waals surface area contributed by atoms with Crippen molar-refractivity contribution in [2.24, 2.45) is 17.3 Å². The van der Waals surface area contributed by atoms with E-state index in [9.17, 15) is 43.9 Å². The molecule has 0 heterocycles. The Morgan fingerprint density at radius 3 is 2.19 bits per heavy atom. The predicted octanol–water partition coefficient (Wildman–Crippen LogP) is 5.62. The molecule has 0 amide bonds. The smallest absolute Gasteiger partial charge is 0.397 e. The minimum absolute atomic E-state index is 0.337. The molecule has 1 aromatic carbocycles. The standard InChI is InChI=1S/C19H18ClF7O4S/c1-5-32(29,30)15-8(2)6-10(13(21)14(15)22)19(26,27)31-16(28)12-9(17(12,3)4)7-11(20)18(23,24)25/h6-7,9,12H,5H2,1-4H3. The number of hydrogen-bond acceptors (Lipinski definition) is 4. The normalized spacial score (nSPS) is 21.4. The third-order valence-corrected chi connectivity index (χ3v) is 7.57. The zero-order valence-electron chi connectivity index (χ0n) is 17.1. The van der Waals surface area contributed by atoms with Crippen LogP contribution in [0, 0.1) is 35.8 Å². The van der Waals surface area contributed by atoms with Gasteiger partial charge in [0.25, 0.3) is 0 Å². The van der Waals surface area contributed by atoms with Gasteiger partial charge in [0.15, 0.2) is 21.5 Å². The van der Waals surface area contributed by atoms with E-state index in [2.05, 4.69) is 4.74 Å². The van der Waals surface area contributed by atoms with Crippen LogP contribution >= 0.6 is 11.6 Å². The SMILES string of the molecule is CCS(=O)(=O)c1c(C)cc(C(F)(F)OC(=O)C2C(C=C(Cl)C(F)(F)F)C2(C)C)c(F)c1F. The summed E-state index contributed by atoms with van der Waals surface area (Å²) in [4.78, 5) is 11.1. The number of alkyl halides is 5. The fourth-order valence-electron chi connectivity index (χ4n) is 3.41. The molecule has 0 N–H and O–H groups in total. The molecule has 1 aliphatic carbocycles. The number of esters is 1. The molecule has 2 atom stereocenters. The van der Waals surface area contributed by atoms with Gasteiger partial charge in [0.1, 0.15) is 15.5 Å². The Morgan fingerprint density at radius 2 is 1.72 bits per heavy atom. The van der Waals surface area contributed by atoms with Crippen molar-refractivity contribution in [1.29, 1.82) is 0 Å². The van der Waals surface area contributed by atoms with Gasteiger partial charge in [0, 0.05) is 0 Å². The van der Waals surface area contributed by atoms with Crippen LogP contribution in [0.1, 0.15) is 31.9 Å². The Hall–Kier alpha value is -1.82. The number of carbonyl (C=O) groups is 1. The van der Waals surface area contributed by atoms with E-state index in [1.165, 1.54) is 13.8 Å². The van der Waals surface area contributed by atoms with E-state index in [-0.39, 0.29) is 0 Å². The number of hydrogen-bond donors (Lipinski definition) is 0. The van der Waals surface area contributed by atoms with Gasteiger partial charge in [0.2, 0.25) is 0 Å². The molecule has 0 aliphatic heterocycles. The minimum Gasteiger partial charge on any atom is -0.397 e. The van der Waals surface area contributed by atoms with Crippen LogP contribution in [0.3, 0.4) is 0 Å². The first kappa shape index (κ1) is 26.4. The van der Waals surface area contributed by atoms with Gasteiger partial charge in [-0.1, -0.05) is 38.4 Å². The Morgan fingerprint density at radius 1 is 1.19 bits per heavy atom. The molecule has 1 aliphatic rings. The number of carbonyl (C=O) groups excluding carboxylic acids is 1. The number of allylic oxidation sites excluding steroid dienone is 2. The Kier molecular flexibility index (Phi) is 6.77. The van der Waals surface area contributed by atoms with E-state index in [1.807, 2.05) is 0 Å². The van der Waals surface area contributed by atoms with E-state index in [4.69, 9.17) is 11.6 Å². The molecule has 4 nitrogen and oxygen atoms in total. The third kappa shape index (κ3) is 4.75. The molecule has 0 spiro atoms. The monoisotopic (exact) mass is 510 g/mol. The summed E-state index contributed by atoms with van der Waals surface area (Å²) in [7, 11) is -4.30. The van der Waals surface area contributed by atoms with Crippen molar-refractivity contribution >= 4 is 27.4 Å². The Labute approximate surface area is 184 Å². The van der Waals surface area contributed by atoms with E-state index in [1.54, 1.807) is 0 Å². The lowest BCUT2D eigenvalue weighted by Crippen LogP contribution is -2.27. The van der Waals surface area contributed by atoms with E-state index in [0.29, 0.717) is 12.1 Å². The van der Waals surface area contributed by atoms with Crippen LogP contribution < -0.4 is 0 Å². The number of halogens is 8. The molecule has 2 unspecified atom stereocenters. The van der Waals surface area contributed by atoms with Gasteiger partial charge in [-0.25, -0.2) is 17.2 Å². The summed E-state index contributed by atoms with van der Waals surface area (Å²) < 4.78 is 123. The molecule has 1 aromatic rings. The first-order valence-electron chi connectivity index (χ1n) is 9.06. The van der Waals surface area contributed by atoms with Crippen molar-refractivity contribution in [2.45, 2.75) is 44.9 Å². The summed E-state index contributed by atoms with van der Waals surface area (Å²) in [5.41, 5.74) is -3.49. The zero-order valence-corrected chi connectivity index (χ0v) is 18.7. The third-order valence-electron chi connectivity index (χ3n) is 5.34. The van der Waals surface area contributed by atoms with Crippen LogP contribution in [0.2, 0.25) is 0 Å². The van der Waals surface area contributed by atoms with Gasteiger partial charge in [-0.3, -0.25) is 4.79 Å². The van der Waals surface area contributed by atoms with Gasteiger partial charge in [-0.05, 0) is 29.9 Å². The van der Waals surface area contributed by atoms with Crippen molar-refractivity contribution in [2.75, 3.05) is 5.75 Å². The maximum absolute atomic E-state index is 14.5. The quantitative estimate of drug-likeness (QED) is 0.368. The molecular weight excluding hydrogens is 493 g/mol. The lowest BCUT2D eigenvalue weighted by Gasteiger charge is -2.20. The van der Waals surface area contributed by atoms with Crippen molar-refractivity contribution in [3.8, 4) is 0 Å². The second-order valence-corrected chi connectivity index (χ2v) is 10.5. The van der Waals surface area contributed by atoms with Crippen molar-refractivity contribution in [3.05, 3.63) is 39.9 Å². The summed E-state index contributed by atoms with van der Waals surface area (Å²) in [5, 5.41) is -1.55. The van der Waals surface area contributed by atoms with Gasteiger partial charge in [-0.15, -0.1) is 0 Å². The van der Waals surface area contributed by atoms with Gasteiger partial charge in [-0.2, -0.15) is 22.0 Å². The fourth-order valence-corrected chi connectivity index (χ4v) is 4.75. The summed E-state index contributed by atoms with van der Waals surface area (Å²) in [6.07, 6.45) is -9.14. The highest BCUT2D eigenvalue weighted by atomic mass is 35.5. The molecular formula is C19H18ClF7O4S. The van der Waals surface area contributed by atoms with E-state index in [0.717, 1.165) is 13.8 Å². The number of sulfone groups is 1. The van der Waals surface area contributed by atoms with Crippen LogP contribution in [-0.2, 0) is 25.5 Å². The molecule has 0 aromatic heterocycles. The number of benzene rings is 1. The maximum atomic E-state index is 14.5. The topological polar surface area (TPSA) is 60.4 Å². The second kappa shape index (κ2) is 8.19. The highest BCUT2D eigenvalue weighted by Crippen LogP contribution is 2.61. The van der Waals surface area contributed by atoms with Crippen molar-refractivity contribution < 1.29 is 48.7 Å². The van der Waals surface area contributed by atoms with Gasteiger partial charge >= 0.3 is 18.3 Å². The summed E-state index contributed by atoms with van der Waals surface area (Å²) in [5.74, 6) is -9.22. The zero-order chi connectivity index (χ0) is 25.0. The Bertz CT molecular complexity index is 1080. The predicted molar refractivity (Wildman–Crippen MR) is 99.6 cm³/mol. The first-order chi connectivity index (χ1) is 14.3. The van der Waals surface area contributed by atoms with Crippen LogP contribution in [0.15, 0.2) is 22.1 Å². The van der Waals surface area contributed by atoms with Crippen LogP contribution in [-0.4, -0.2) is 26.3 Å². The van der Waals surface area contributed by atoms with E-state index >= 15 is 0 Å². The second-order valence-electron chi connectivity index (χ2n) is 7.88. The Balaban J connectivity index is 2.38. The number of aryl methyl sites for hydroxylation is 1. The van der Waals surface area contributed by atoms with Crippen LogP contribution in [0.25, 0.3) is 0 Å². The molecule has 1 fully saturated rings. The number of ether oxygens (including phenoxy) is 1. The first-order valence-corrected chi connectivity index (χ1v) is 11.1. The van der Waals surface area contributed by atoms with Crippen LogP contribution in [0.5, 0.6) is 0 Å². The minimum atomic E-state index is -4.91. The van der Waals surface area contributed by atoms with E-state index < -0.39 is 83.8 Å². The molecule has 0 bridgehead atoms. The average molecular weight is 511 g/mol. The van der Waals surface area contributed by atoms with Gasteiger partial charge < -0.3 is 4.74 Å². The summed E-state index contributed by atoms with van der Waals surface area (Å²) in [6, 6.07) is 0.337. The highest BCUT2D eigenvalue weighted by Gasteiger charge is 2.63.